The molecule has 2 aliphatic rings. The van der Waals surface area contributed by atoms with Crippen molar-refractivity contribution in [1.29, 1.82) is 0 Å². The highest BCUT2D eigenvalue weighted by Crippen LogP contribution is 2.43. The van der Waals surface area contributed by atoms with E-state index in [1.807, 2.05) is 6.07 Å². The van der Waals surface area contributed by atoms with Gasteiger partial charge in [0.1, 0.15) is 22.6 Å². The van der Waals surface area contributed by atoms with Gasteiger partial charge in [-0.15, -0.1) is 11.3 Å². The highest BCUT2D eigenvalue weighted by Gasteiger charge is 2.40. The Morgan fingerprint density at radius 3 is 2.70 bits per heavy atom. The maximum atomic E-state index is 13.7. The second kappa shape index (κ2) is 11.2. The van der Waals surface area contributed by atoms with Crippen LogP contribution >= 0.6 is 22.9 Å². The van der Waals surface area contributed by atoms with Gasteiger partial charge in [0.05, 0.1) is 10.4 Å². The number of hydrogen-bond donors (Lipinski definition) is 2. The first-order valence-corrected chi connectivity index (χ1v) is 17.2. The van der Waals surface area contributed by atoms with Crippen LogP contribution in [-0.2, 0) is 4.43 Å². The Morgan fingerprint density at radius 1 is 1.35 bits per heavy atom. The van der Waals surface area contributed by atoms with Crippen molar-refractivity contribution in [2.75, 3.05) is 11.9 Å². The van der Waals surface area contributed by atoms with Crippen molar-refractivity contribution in [3.63, 3.8) is 0 Å². The van der Waals surface area contributed by atoms with Crippen LogP contribution in [0.5, 0.6) is 0 Å². The molecule has 0 aliphatic heterocycles. The molecule has 4 atom stereocenters. The Bertz CT molecular complexity index is 1200. The summed E-state index contributed by atoms with van der Waals surface area (Å²) in [4.78, 5) is 22.7. The first-order valence-electron chi connectivity index (χ1n) is 13.1. The fraction of sp³-hybridized carbons (Fsp3) is 0.607. The predicted molar refractivity (Wildman–Crippen MR) is 153 cm³/mol. The molecule has 2 fully saturated rings. The van der Waals surface area contributed by atoms with Gasteiger partial charge in [0.2, 0.25) is 5.78 Å². The largest absolute Gasteiger partial charge is 0.399 e. The minimum Gasteiger partial charge on any atom is -0.399 e. The van der Waals surface area contributed by atoms with Crippen molar-refractivity contribution in [3.8, 4) is 11.8 Å². The van der Waals surface area contributed by atoms with E-state index < -0.39 is 14.4 Å². The zero-order valence-electron chi connectivity index (χ0n) is 22.6. The molecule has 2 aliphatic carbocycles. The minimum absolute atomic E-state index is 0.0162. The van der Waals surface area contributed by atoms with Crippen molar-refractivity contribution >= 4 is 42.9 Å². The fourth-order valence-electron chi connectivity index (χ4n) is 4.38. The standard InChI is InChI=1S/C28H38ClN3O3SSi/c1-17-11-20(12-19(17)15-33)32-27-22(14-30-16-31-27)25(34)24-13-21(26(29)36-24)23(10-9-18-7-8-18)35-37(5,6)28(2,3)4/h13-14,16-20,23,33H,7-8,11-12,15H2,1-6H3,(H,30,31,32)/t17-,19+,20-,23?/m0/s1. The lowest BCUT2D eigenvalue weighted by Crippen LogP contribution is -2.41. The number of thiophene rings is 1. The third-order valence-electron chi connectivity index (χ3n) is 8.01. The van der Waals surface area contributed by atoms with Crippen LogP contribution in [0.3, 0.4) is 0 Å². The van der Waals surface area contributed by atoms with E-state index in [9.17, 15) is 9.90 Å². The molecule has 0 amide bonds. The number of ketones is 1. The highest BCUT2D eigenvalue weighted by molar-refractivity contribution is 7.18. The molecular weight excluding hydrogens is 522 g/mol. The average Bonchev–Trinajstić information content (AvgIpc) is 3.48. The third kappa shape index (κ3) is 6.63. The van der Waals surface area contributed by atoms with Crippen LogP contribution in [0, 0.1) is 29.6 Å². The van der Waals surface area contributed by atoms with E-state index in [4.69, 9.17) is 16.0 Å². The summed E-state index contributed by atoms with van der Waals surface area (Å²) in [6.45, 7) is 13.3. The summed E-state index contributed by atoms with van der Waals surface area (Å²) < 4.78 is 7.23. The fourth-order valence-corrected chi connectivity index (χ4v) is 6.78. The Balaban J connectivity index is 1.60. The number of rotatable bonds is 8. The summed E-state index contributed by atoms with van der Waals surface area (Å²) in [5.41, 5.74) is 1.17. The van der Waals surface area contributed by atoms with Gasteiger partial charge in [-0.1, -0.05) is 51.1 Å². The molecule has 37 heavy (non-hydrogen) atoms. The van der Waals surface area contributed by atoms with E-state index in [0.717, 1.165) is 31.2 Å². The number of nitrogens with zero attached hydrogens (tertiary/aromatic N) is 2. The summed E-state index contributed by atoms with van der Waals surface area (Å²) in [5.74, 6) is 8.14. The summed E-state index contributed by atoms with van der Waals surface area (Å²) in [5, 5.41) is 13.1. The smallest absolute Gasteiger partial charge is 0.208 e. The normalized spacial score (nSPS) is 22.9. The van der Waals surface area contributed by atoms with Gasteiger partial charge in [0, 0.05) is 30.3 Å². The number of aliphatic hydroxyl groups excluding tert-OH is 1. The Hall–Kier alpha value is -1.76. The van der Waals surface area contributed by atoms with Gasteiger partial charge in [-0.3, -0.25) is 4.79 Å². The molecule has 200 valence electrons. The second-order valence-corrected chi connectivity index (χ2v) is 18.4. The van der Waals surface area contributed by atoms with E-state index in [0.29, 0.717) is 32.4 Å². The number of anilines is 1. The average molecular weight is 560 g/mol. The van der Waals surface area contributed by atoms with E-state index in [1.165, 1.54) is 17.7 Å². The van der Waals surface area contributed by atoms with Crippen LogP contribution < -0.4 is 5.32 Å². The van der Waals surface area contributed by atoms with Crippen LogP contribution in [0.4, 0.5) is 5.82 Å². The zero-order chi connectivity index (χ0) is 27.0. The van der Waals surface area contributed by atoms with E-state index in [1.54, 1.807) is 6.20 Å². The lowest BCUT2D eigenvalue weighted by Gasteiger charge is -2.38. The van der Waals surface area contributed by atoms with Crippen molar-refractivity contribution in [2.24, 2.45) is 17.8 Å². The first-order chi connectivity index (χ1) is 17.4. The summed E-state index contributed by atoms with van der Waals surface area (Å²) in [6, 6.07) is 1.99. The quantitative estimate of drug-likeness (QED) is 0.212. The van der Waals surface area contributed by atoms with Crippen molar-refractivity contribution in [1.82, 2.24) is 9.97 Å². The Morgan fingerprint density at radius 2 is 2.08 bits per heavy atom. The van der Waals surface area contributed by atoms with Gasteiger partial charge in [0.25, 0.3) is 0 Å². The van der Waals surface area contributed by atoms with Crippen molar-refractivity contribution in [2.45, 2.75) is 83.7 Å². The molecule has 2 aromatic heterocycles. The van der Waals surface area contributed by atoms with Gasteiger partial charge in [-0.05, 0) is 61.7 Å². The molecule has 9 heteroatoms. The summed E-state index contributed by atoms with van der Waals surface area (Å²) in [7, 11) is -2.14. The Labute approximate surface area is 230 Å². The van der Waals surface area contributed by atoms with E-state index >= 15 is 0 Å². The number of aliphatic hydroxyl groups is 1. The maximum absolute atomic E-state index is 13.7. The lowest BCUT2D eigenvalue weighted by atomic mass is 10.00. The molecule has 0 saturated heterocycles. The van der Waals surface area contributed by atoms with Gasteiger partial charge >= 0.3 is 0 Å². The van der Waals surface area contributed by atoms with E-state index in [-0.39, 0.29) is 29.4 Å². The van der Waals surface area contributed by atoms with Gasteiger partial charge in [0.15, 0.2) is 8.32 Å². The van der Waals surface area contributed by atoms with Crippen LogP contribution in [0.1, 0.15) is 80.3 Å². The number of carbonyl (C=O) groups excluding carboxylic acids is 1. The molecule has 2 saturated carbocycles. The third-order valence-corrected chi connectivity index (χ3v) is 13.8. The number of aromatic nitrogens is 2. The molecule has 0 radical (unpaired) electrons. The molecule has 0 spiro atoms. The molecule has 2 N–H and O–H groups in total. The molecule has 4 rings (SSSR count). The number of nitrogens with one attached hydrogen (secondary N) is 1. The van der Waals surface area contributed by atoms with Crippen molar-refractivity contribution in [3.05, 3.63) is 38.9 Å². The summed E-state index contributed by atoms with van der Waals surface area (Å²) in [6.07, 6.45) is 6.56. The van der Waals surface area contributed by atoms with Crippen molar-refractivity contribution < 1.29 is 14.3 Å². The van der Waals surface area contributed by atoms with Crippen LogP contribution in [0.2, 0.25) is 22.5 Å². The molecular formula is C28H38ClN3O3SSi. The molecule has 6 nitrogen and oxygen atoms in total. The van der Waals surface area contributed by atoms with Gasteiger partial charge in [-0.25, -0.2) is 9.97 Å². The predicted octanol–water partition coefficient (Wildman–Crippen LogP) is 6.72. The molecule has 1 unspecified atom stereocenters. The monoisotopic (exact) mass is 559 g/mol. The molecule has 0 aromatic carbocycles. The van der Waals surface area contributed by atoms with Crippen LogP contribution in [0.15, 0.2) is 18.6 Å². The van der Waals surface area contributed by atoms with Crippen LogP contribution in [-0.4, -0.2) is 41.8 Å². The topological polar surface area (TPSA) is 84.3 Å². The van der Waals surface area contributed by atoms with Crippen LogP contribution in [0.25, 0.3) is 0 Å². The molecule has 0 bridgehead atoms. The second-order valence-electron chi connectivity index (χ2n) is 12.0. The van der Waals surface area contributed by atoms with Gasteiger partial charge in [-0.2, -0.15) is 0 Å². The number of hydrogen-bond acceptors (Lipinski definition) is 7. The van der Waals surface area contributed by atoms with E-state index in [2.05, 4.69) is 67.9 Å². The highest BCUT2D eigenvalue weighted by atomic mass is 35.5. The number of halogens is 1. The molecule has 2 aromatic rings. The SMILES string of the molecule is C[C@H]1C[C@H](Nc2ncncc2C(=O)c2cc(C(C#CC3CC3)O[Si](C)(C)C(C)(C)C)c(Cl)s2)C[C@@H]1CO. The Kier molecular flexibility index (Phi) is 8.51. The maximum Gasteiger partial charge on any atom is 0.208 e. The van der Waals surface area contributed by atoms with Gasteiger partial charge < -0.3 is 14.8 Å². The molecule has 2 heterocycles. The first kappa shape index (κ1) is 28.3. The minimum atomic E-state index is -2.14. The number of carbonyl (C=O) groups is 1. The lowest BCUT2D eigenvalue weighted by molar-refractivity contribution is 0.104. The zero-order valence-corrected chi connectivity index (χ0v) is 25.2. The summed E-state index contributed by atoms with van der Waals surface area (Å²) >= 11 is 7.99.